The molecule has 1 aromatic heterocycles. The van der Waals surface area contributed by atoms with Crippen molar-refractivity contribution in [2.45, 2.75) is 27.7 Å². The number of aryl methyl sites for hydroxylation is 2. The Balaban J connectivity index is 2.07. The Bertz CT molecular complexity index is 1090. The van der Waals surface area contributed by atoms with E-state index in [9.17, 15) is 0 Å². The maximum atomic E-state index is 4.90. The van der Waals surface area contributed by atoms with Crippen LogP contribution in [0.4, 0.5) is 0 Å². The zero-order chi connectivity index (χ0) is 18.7. The van der Waals surface area contributed by atoms with Crippen LogP contribution in [0.3, 0.4) is 0 Å². The molecule has 26 heavy (non-hydrogen) atoms. The van der Waals surface area contributed by atoms with Crippen LogP contribution < -0.4 is 10.4 Å². The molecule has 0 spiro atoms. The zero-order valence-electron chi connectivity index (χ0n) is 16.0. The maximum absolute atomic E-state index is 4.90. The molecule has 1 heterocycles. The number of aromatic nitrogens is 1. The number of hydrogen-bond donors (Lipinski definition) is 0. The minimum absolute atomic E-state index is 0.909. The highest BCUT2D eigenvalue weighted by Gasteiger charge is 2.08. The van der Waals surface area contributed by atoms with E-state index in [1.165, 1.54) is 27.5 Å². The van der Waals surface area contributed by atoms with Crippen LogP contribution in [-0.2, 0) is 0 Å². The summed E-state index contributed by atoms with van der Waals surface area (Å²) in [5, 5.41) is 2.37. The van der Waals surface area contributed by atoms with Gasteiger partial charge < -0.3 is 0 Å². The smallest absolute Gasteiger partial charge is 0.0712 e. The summed E-state index contributed by atoms with van der Waals surface area (Å²) in [7, 11) is 0. The van der Waals surface area contributed by atoms with Gasteiger partial charge in [0.15, 0.2) is 0 Å². The molecule has 0 amide bonds. The first-order valence-electron chi connectivity index (χ1n) is 8.97. The summed E-state index contributed by atoms with van der Waals surface area (Å²) in [6, 6.07) is 18.9. The largest absolute Gasteiger partial charge is 0.248 e. The summed E-state index contributed by atoms with van der Waals surface area (Å²) < 4.78 is 0. The van der Waals surface area contributed by atoms with Crippen molar-refractivity contribution >= 4 is 17.7 Å². The Labute approximate surface area is 156 Å². The molecular formula is C25H25N. The van der Waals surface area contributed by atoms with Gasteiger partial charge in [0.1, 0.15) is 0 Å². The van der Waals surface area contributed by atoms with Gasteiger partial charge in [-0.15, -0.1) is 0 Å². The van der Waals surface area contributed by atoms with Crippen LogP contribution in [-0.4, -0.2) is 4.98 Å². The Kier molecular flexibility index (Phi) is 5.18. The third-order valence-corrected chi connectivity index (χ3v) is 4.80. The van der Waals surface area contributed by atoms with E-state index < -0.39 is 0 Å². The van der Waals surface area contributed by atoms with Gasteiger partial charge in [0.25, 0.3) is 0 Å². The molecule has 0 fully saturated rings. The molecule has 0 saturated heterocycles. The lowest BCUT2D eigenvalue weighted by Gasteiger charge is -2.11. The van der Waals surface area contributed by atoms with Crippen molar-refractivity contribution in [3.05, 3.63) is 94.0 Å². The number of allylic oxidation sites excluding steroid dienone is 1. The molecule has 1 heteroatoms. The second-order valence-corrected chi connectivity index (χ2v) is 6.75. The van der Waals surface area contributed by atoms with Crippen molar-refractivity contribution in [2.24, 2.45) is 0 Å². The van der Waals surface area contributed by atoms with Gasteiger partial charge in [-0.1, -0.05) is 54.6 Å². The van der Waals surface area contributed by atoms with E-state index in [0.717, 1.165) is 22.2 Å². The monoisotopic (exact) mass is 339 g/mol. The lowest BCUT2D eigenvalue weighted by molar-refractivity contribution is 1.24. The first kappa shape index (κ1) is 17.9. The first-order valence-corrected chi connectivity index (χ1v) is 8.97. The van der Waals surface area contributed by atoms with Crippen molar-refractivity contribution in [1.82, 2.24) is 4.98 Å². The predicted octanol–water partition coefficient (Wildman–Crippen LogP) is 4.97. The van der Waals surface area contributed by atoms with Gasteiger partial charge in [0.2, 0.25) is 0 Å². The summed E-state index contributed by atoms with van der Waals surface area (Å²) in [5.74, 6) is 0. The molecular weight excluding hydrogens is 314 g/mol. The summed E-state index contributed by atoms with van der Waals surface area (Å²) >= 11 is 0. The molecule has 130 valence electrons. The fourth-order valence-electron chi connectivity index (χ4n) is 3.24. The standard InChI is InChI=1S/C25H25N/c1-6-21-10-7-8-11-22(21)16-19(4)24-12-9-13-25(26-24)23-15-17(2)14-18(3)20(23)5/h6-16H,4H2,1-3,5H3/b21-6-,22-16-. The van der Waals surface area contributed by atoms with Gasteiger partial charge >= 0.3 is 0 Å². The van der Waals surface area contributed by atoms with Gasteiger partial charge in [-0.05, 0) is 79.1 Å². The SMILES string of the molecule is C=C(/C=c1/cccc/c1=C/C)c1cccc(-c2cc(C)cc(C)c2C)n1. The van der Waals surface area contributed by atoms with E-state index >= 15 is 0 Å². The van der Waals surface area contributed by atoms with E-state index in [-0.39, 0.29) is 0 Å². The number of benzene rings is 2. The summed E-state index contributed by atoms with van der Waals surface area (Å²) in [4.78, 5) is 4.90. The maximum Gasteiger partial charge on any atom is 0.0712 e. The van der Waals surface area contributed by atoms with Crippen LogP contribution >= 0.6 is 0 Å². The molecule has 0 radical (unpaired) electrons. The Hall–Kier alpha value is -2.93. The summed E-state index contributed by atoms with van der Waals surface area (Å²) in [5.41, 5.74) is 7.85. The molecule has 0 saturated carbocycles. The highest BCUT2D eigenvalue weighted by Crippen LogP contribution is 2.26. The molecule has 0 bridgehead atoms. The average Bonchev–Trinajstić information content (AvgIpc) is 2.65. The number of nitrogens with zero attached hydrogens (tertiary/aromatic N) is 1. The topological polar surface area (TPSA) is 12.9 Å². The summed E-state index contributed by atoms with van der Waals surface area (Å²) in [6.45, 7) is 12.8. The minimum atomic E-state index is 0.909. The third-order valence-electron chi connectivity index (χ3n) is 4.80. The molecule has 1 nitrogen and oxygen atoms in total. The van der Waals surface area contributed by atoms with E-state index in [0.29, 0.717) is 0 Å². The van der Waals surface area contributed by atoms with E-state index in [2.05, 4.69) is 95.0 Å². The van der Waals surface area contributed by atoms with Crippen molar-refractivity contribution in [3.8, 4) is 11.3 Å². The van der Waals surface area contributed by atoms with Crippen LogP contribution in [0.2, 0.25) is 0 Å². The molecule has 0 unspecified atom stereocenters. The van der Waals surface area contributed by atoms with Crippen LogP contribution in [0.25, 0.3) is 29.0 Å². The van der Waals surface area contributed by atoms with E-state index in [1.807, 2.05) is 6.07 Å². The number of pyridine rings is 1. The third kappa shape index (κ3) is 3.67. The Morgan fingerprint density at radius 2 is 1.65 bits per heavy atom. The predicted molar refractivity (Wildman–Crippen MR) is 113 cm³/mol. The highest BCUT2D eigenvalue weighted by atomic mass is 14.7. The molecule has 0 aliphatic heterocycles. The quantitative estimate of drug-likeness (QED) is 0.656. The molecule has 3 rings (SSSR count). The van der Waals surface area contributed by atoms with Gasteiger partial charge in [-0.2, -0.15) is 0 Å². The normalized spacial score (nSPS) is 12.5. The van der Waals surface area contributed by atoms with Crippen LogP contribution in [0.1, 0.15) is 29.3 Å². The lowest BCUT2D eigenvalue weighted by Crippen LogP contribution is -2.23. The first-order chi connectivity index (χ1) is 12.5. The molecule has 0 aliphatic carbocycles. The van der Waals surface area contributed by atoms with Crippen molar-refractivity contribution in [1.29, 1.82) is 0 Å². The van der Waals surface area contributed by atoms with Crippen molar-refractivity contribution in [3.63, 3.8) is 0 Å². The molecule has 0 aliphatic rings. The highest BCUT2D eigenvalue weighted by molar-refractivity contribution is 5.86. The number of rotatable bonds is 3. The van der Waals surface area contributed by atoms with Gasteiger partial charge in [-0.3, -0.25) is 0 Å². The lowest BCUT2D eigenvalue weighted by atomic mass is 9.97. The second kappa shape index (κ2) is 7.53. The summed E-state index contributed by atoms with van der Waals surface area (Å²) in [6.07, 6.45) is 4.22. The molecule has 0 N–H and O–H groups in total. The van der Waals surface area contributed by atoms with Gasteiger partial charge in [0, 0.05) is 5.56 Å². The number of hydrogen-bond acceptors (Lipinski definition) is 1. The second-order valence-electron chi connectivity index (χ2n) is 6.75. The van der Waals surface area contributed by atoms with E-state index in [4.69, 9.17) is 4.98 Å². The fraction of sp³-hybridized carbons (Fsp3) is 0.160. The van der Waals surface area contributed by atoms with E-state index in [1.54, 1.807) is 0 Å². The van der Waals surface area contributed by atoms with Crippen molar-refractivity contribution in [2.75, 3.05) is 0 Å². The minimum Gasteiger partial charge on any atom is -0.248 e. The molecule has 2 aromatic carbocycles. The average molecular weight is 339 g/mol. The van der Waals surface area contributed by atoms with Crippen LogP contribution in [0, 0.1) is 20.8 Å². The van der Waals surface area contributed by atoms with Gasteiger partial charge in [-0.25, -0.2) is 4.98 Å². The van der Waals surface area contributed by atoms with Crippen LogP contribution in [0.15, 0.2) is 61.2 Å². The Morgan fingerprint density at radius 3 is 2.38 bits per heavy atom. The van der Waals surface area contributed by atoms with Gasteiger partial charge in [0.05, 0.1) is 11.4 Å². The fourth-order valence-corrected chi connectivity index (χ4v) is 3.24. The molecule has 3 aromatic rings. The van der Waals surface area contributed by atoms with Crippen LogP contribution in [0.5, 0.6) is 0 Å². The Morgan fingerprint density at radius 1 is 0.923 bits per heavy atom. The molecule has 0 atom stereocenters. The zero-order valence-corrected chi connectivity index (χ0v) is 16.0. The van der Waals surface area contributed by atoms with Crippen molar-refractivity contribution < 1.29 is 0 Å².